The van der Waals surface area contributed by atoms with E-state index in [0.29, 0.717) is 6.04 Å². The van der Waals surface area contributed by atoms with Gasteiger partial charge in [0.05, 0.1) is 5.69 Å². The van der Waals surface area contributed by atoms with E-state index >= 15 is 0 Å². The van der Waals surface area contributed by atoms with E-state index in [-0.39, 0.29) is 18.6 Å². The average Bonchev–Trinajstić information content (AvgIpc) is 2.65. The molecule has 0 unspecified atom stereocenters. The number of hydrogen-bond acceptors (Lipinski definition) is 5. The molecule has 0 saturated carbocycles. The molecule has 1 aliphatic heterocycles. The minimum Gasteiger partial charge on any atom is -0.482 e. The normalized spacial score (nSPS) is 14.4. The van der Waals surface area contributed by atoms with Crippen molar-refractivity contribution in [2.45, 2.75) is 39.4 Å². The lowest BCUT2D eigenvalue weighted by molar-refractivity contribution is -0.118. The highest BCUT2D eigenvalue weighted by Gasteiger charge is 2.17. The summed E-state index contributed by atoms with van der Waals surface area (Å²) in [6, 6.07) is 10.6. The van der Waals surface area contributed by atoms with Gasteiger partial charge in [-0.15, -0.1) is 0 Å². The Bertz CT molecular complexity index is 774. The molecular formula is C20H26N4O2. The molecule has 0 spiro atoms. The van der Waals surface area contributed by atoms with Gasteiger partial charge in [-0.1, -0.05) is 12.1 Å². The van der Waals surface area contributed by atoms with Crippen molar-refractivity contribution in [3.8, 4) is 5.75 Å². The van der Waals surface area contributed by atoms with Crippen LogP contribution in [0.15, 0.2) is 36.5 Å². The monoisotopic (exact) mass is 354 g/mol. The van der Waals surface area contributed by atoms with Crippen LogP contribution in [0, 0.1) is 0 Å². The molecule has 0 bridgehead atoms. The first-order valence-corrected chi connectivity index (χ1v) is 8.92. The maximum absolute atomic E-state index is 11.5. The number of nitrogens with zero attached hydrogens (tertiary/aromatic N) is 2. The third-order valence-electron chi connectivity index (χ3n) is 4.69. The molecular weight excluding hydrogens is 328 g/mol. The molecule has 1 amide bonds. The number of rotatable bonds is 6. The van der Waals surface area contributed by atoms with Crippen LogP contribution in [0.2, 0.25) is 0 Å². The van der Waals surface area contributed by atoms with Crippen molar-refractivity contribution in [1.29, 1.82) is 0 Å². The van der Waals surface area contributed by atoms with Crippen molar-refractivity contribution in [2.24, 2.45) is 0 Å². The maximum atomic E-state index is 11.5. The van der Waals surface area contributed by atoms with Crippen molar-refractivity contribution in [2.75, 3.05) is 23.9 Å². The molecule has 2 N–H and O–H groups in total. The number of fused-ring (bicyclic) bond motifs is 1. The average molecular weight is 354 g/mol. The first-order valence-electron chi connectivity index (χ1n) is 8.92. The van der Waals surface area contributed by atoms with Crippen molar-refractivity contribution in [1.82, 2.24) is 10.3 Å². The Morgan fingerprint density at radius 1 is 1.27 bits per heavy atom. The van der Waals surface area contributed by atoms with Gasteiger partial charge in [-0.2, -0.15) is 0 Å². The van der Waals surface area contributed by atoms with E-state index in [9.17, 15) is 4.79 Å². The van der Waals surface area contributed by atoms with E-state index < -0.39 is 0 Å². The molecule has 2 heterocycles. The van der Waals surface area contributed by atoms with Crippen LogP contribution in [-0.2, 0) is 11.3 Å². The summed E-state index contributed by atoms with van der Waals surface area (Å²) in [4.78, 5) is 18.2. The largest absolute Gasteiger partial charge is 0.482 e. The van der Waals surface area contributed by atoms with E-state index in [1.165, 1.54) is 0 Å². The van der Waals surface area contributed by atoms with Gasteiger partial charge in [-0.05, 0) is 50.1 Å². The summed E-state index contributed by atoms with van der Waals surface area (Å²) in [5, 5.41) is 6.35. The van der Waals surface area contributed by atoms with Crippen molar-refractivity contribution < 1.29 is 9.53 Å². The number of carbonyl (C=O) groups is 1. The minimum atomic E-state index is -0.118. The molecule has 6 heteroatoms. The van der Waals surface area contributed by atoms with Gasteiger partial charge in [0, 0.05) is 31.9 Å². The molecule has 0 fully saturated rings. The molecule has 0 saturated heterocycles. The van der Waals surface area contributed by atoms with Crippen LogP contribution in [0.25, 0.3) is 0 Å². The molecule has 26 heavy (non-hydrogen) atoms. The van der Waals surface area contributed by atoms with E-state index in [0.717, 1.165) is 34.9 Å². The second kappa shape index (κ2) is 7.74. The molecule has 6 nitrogen and oxygen atoms in total. The van der Waals surface area contributed by atoms with Gasteiger partial charge >= 0.3 is 0 Å². The highest BCUT2D eigenvalue weighted by molar-refractivity contribution is 5.95. The van der Waals surface area contributed by atoms with Gasteiger partial charge in [-0.3, -0.25) is 4.79 Å². The summed E-state index contributed by atoms with van der Waals surface area (Å²) in [6.45, 7) is 7.19. The molecule has 0 aliphatic carbocycles. The van der Waals surface area contributed by atoms with Crippen LogP contribution in [0.3, 0.4) is 0 Å². The number of hydrogen-bond donors (Lipinski definition) is 2. The topological polar surface area (TPSA) is 66.5 Å². The standard InChI is InChI=1S/C20H26N4O2/c1-13(2)24(4)19-8-5-15(11-22-19)10-21-14(3)16-6-7-18-17(9-16)23-20(25)12-26-18/h5-9,11,13-14,21H,10,12H2,1-4H3,(H,23,25)/t14-/m1/s1. The van der Waals surface area contributed by atoms with Crippen LogP contribution in [0.5, 0.6) is 5.75 Å². The summed E-state index contributed by atoms with van der Waals surface area (Å²) in [5.41, 5.74) is 2.96. The Morgan fingerprint density at radius 2 is 2.08 bits per heavy atom. The number of aromatic nitrogens is 1. The smallest absolute Gasteiger partial charge is 0.262 e. The molecule has 2 aromatic rings. The highest BCUT2D eigenvalue weighted by Crippen LogP contribution is 2.30. The number of nitrogens with one attached hydrogen (secondary N) is 2. The van der Waals surface area contributed by atoms with Crippen LogP contribution in [0.4, 0.5) is 11.5 Å². The predicted molar refractivity (Wildman–Crippen MR) is 104 cm³/mol. The molecule has 1 atom stereocenters. The third-order valence-corrected chi connectivity index (χ3v) is 4.69. The van der Waals surface area contributed by atoms with Gasteiger partial charge in [0.25, 0.3) is 5.91 Å². The minimum absolute atomic E-state index is 0.0785. The second-order valence-corrected chi connectivity index (χ2v) is 6.92. The molecule has 1 aliphatic rings. The predicted octanol–water partition coefficient (Wildman–Crippen LogP) is 3.11. The Morgan fingerprint density at radius 3 is 2.77 bits per heavy atom. The van der Waals surface area contributed by atoms with E-state index in [1.807, 2.05) is 37.5 Å². The first-order chi connectivity index (χ1) is 12.4. The van der Waals surface area contributed by atoms with Gasteiger partial charge in [0.15, 0.2) is 6.61 Å². The fourth-order valence-corrected chi connectivity index (χ4v) is 2.75. The Hall–Kier alpha value is -2.60. The number of ether oxygens (including phenoxy) is 1. The number of amides is 1. The van der Waals surface area contributed by atoms with Crippen molar-refractivity contribution >= 4 is 17.4 Å². The summed E-state index contributed by atoms with van der Waals surface area (Å²) in [7, 11) is 2.05. The summed E-state index contributed by atoms with van der Waals surface area (Å²) >= 11 is 0. The quantitative estimate of drug-likeness (QED) is 0.834. The zero-order chi connectivity index (χ0) is 18.7. The zero-order valence-electron chi connectivity index (χ0n) is 15.7. The number of benzene rings is 1. The van der Waals surface area contributed by atoms with E-state index in [4.69, 9.17) is 4.74 Å². The summed E-state index contributed by atoms with van der Waals surface area (Å²) in [6.07, 6.45) is 1.91. The summed E-state index contributed by atoms with van der Waals surface area (Å²) in [5.74, 6) is 1.57. The third kappa shape index (κ3) is 4.14. The molecule has 0 radical (unpaired) electrons. The van der Waals surface area contributed by atoms with E-state index in [2.05, 4.69) is 47.4 Å². The van der Waals surface area contributed by atoms with E-state index in [1.54, 1.807) is 0 Å². The number of pyridine rings is 1. The molecule has 3 rings (SSSR count). The lowest BCUT2D eigenvalue weighted by Gasteiger charge is -2.23. The van der Waals surface area contributed by atoms with Crippen molar-refractivity contribution in [3.05, 3.63) is 47.7 Å². The SMILES string of the molecule is CC(C)N(C)c1ccc(CN[C@H](C)c2ccc3c(c2)NC(=O)CO3)cn1. The van der Waals surface area contributed by atoms with Crippen LogP contribution in [0.1, 0.15) is 37.9 Å². The van der Waals surface area contributed by atoms with Gasteiger partial charge in [0.2, 0.25) is 0 Å². The van der Waals surface area contributed by atoms with Crippen LogP contribution >= 0.6 is 0 Å². The lowest BCUT2D eigenvalue weighted by atomic mass is 10.1. The van der Waals surface area contributed by atoms with Crippen LogP contribution in [-0.4, -0.2) is 30.6 Å². The summed E-state index contributed by atoms with van der Waals surface area (Å²) < 4.78 is 5.40. The van der Waals surface area contributed by atoms with Gasteiger partial charge in [-0.25, -0.2) is 4.98 Å². The van der Waals surface area contributed by atoms with Gasteiger partial charge in [0.1, 0.15) is 11.6 Å². The molecule has 1 aromatic heterocycles. The van der Waals surface area contributed by atoms with Crippen molar-refractivity contribution in [3.63, 3.8) is 0 Å². The fraction of sp³-hybridized carbons (Fsp3) is 0.400. The number of carbonyl (C=O) groups excluding carboxylic acids is 1. The Kier molecular flexibility index (Phi) is 5.42. The Balaban J connectivity index is 1.61. The second-order valence-electron chi connectivity index (χ2n) is 6.92. The van der Waals surface area contributed by atoms with Crippen LogP contribution < -0.4 is 20.3 Å². The zero-order valence-corrected chi connectivity index (χ0v) is 15.7. The maximum Gasteiger partial charge on any atom is 0.262 e. The fourth-order valence-electron chi connectivity index (χ4n) is 2.75. The van der Waals surface area contributed by atoms with Gasteiger partial charge < -0.3 is 20.3 Å². The first kappa shape index (κ1) is 18.2. The Labute approximate surface area is 154 Å². The molecule has 1 aromatic carbocycles. The number of anilines is 2. The molecule has 138 valence electrons. The highest BCUT2D eigenvalue weighted by atomic mass is 16.5. The lowest BCUT2D eigenvalue weighted by Crippen LogP contribution is -2.26.